The molecule has 1 atom stereocenters. The maximum absolute atomic E-state index is 11.9. The summed E-state index contributed by atoms with van der Waals surface area (Å²) in [6.07, 6.45) is 0. The van der Waals surface area contributed by atoms with E-state index in [9.17, 15) is 4.79 Å². The SMILES string of the molecule is CNCC(C)C(=O)NCC(C)(C)c1ccc(C)cc1.Cl. The number of nitrogens with one attached hydrogen (secondary N) is 2. The number of carbonyl (C=O) groups excluding carboxylic acids is 1. The van der Waals surface area contributed by atoms with E-state index in [1.807, 2.05) is 14.0 Å². The maximum atomic E-state index is 11.9. The van der Waals surface area contributed by atoms with Crippen LogP contribution in [0.2, 0.25) is 0 Å². The van der Waals surface area contributed by atoms with Crippen LogP contribution in [0, 0.1) is 12.8 Å². The van der Waals surface area contributed by atoms with Crippen molar-refractivity contribution in [2.75, 3.05) is 20.1 Å². The number of hydrogen-bond acceptors (Lipinski definition) is 2. The fourth-order valence-corrected chi connectivity index (χ4v) is 1.99. The summed E-state index contributed by atoms with van der Waals surface area (Å²) in [5.74, 6) is 0.105. The van der Waals surface area contributed by atoms with Crippen LogP contribution < -0.4 is 10.6 Å². The number of aryl methyl sites for hydroxylation is 1. The monoisotopic (exact) mass is 298 g/mol. The van der Waals surface area contributed by atoms with Crippen LogP contribution >= 0.6 is 12.4 Å². The first-order valence-corrected chi connectivity index (χ1v) is 6.86. The molecule has 0 radical (unpaired) electrons. The second-order valence-corrected chi connectivity index (χ2v) is 5.93. The van der Waals surface area contributed by atoms with Crippen LogP contribution in [0.5, 0.6) is 0 Å². The van der Waals surface area contributed by atoms with Gasteiger partial charge < -0.3 is 10.6 Å². The largest absolute Gasteiger partial charge is 0.355 e. The first kappa shape index (κ1) is 18.9. The number of benzene rings is 1. The standard InChI is InChI=1S/C16H26N2O.ClH/c1-12-6-8-14(9-7-12)16(3,4)11-18-15(19)13(2)10-17-5;/h6-9,13,17H,10-11H2,1-5H3,(H,18,19);1H. The van der Waals surface area contributed by atoms with E-state index in [2.05, 4.69) is 55.7 Å². The number of rotatable bonds is 6. The topological polar surface area (TPSA) is 41.1 Å². The van der Waals surface area contributed by atoms with E-state index in [0.717, 1.165) is 0 Å². The van der Waals surface area contributed by atoms with Crippen molar-refractivity contribution in [2.24, 2.45) is 5.92 Å². The zero-order valence-corrected chi connectivity index (χ0v) is 13.9. The molecule has 20 heavy (non-hydrogen) atoms. The second kappa shape index (κ2) is 8.28. The van der Waals surface area contributed by atoms with Crippen LogP contribution in [0.1, 0.15) is 31.9 Å². The molecule has 0 aliphatic carbocycles. The van der Waals surface area contributed by atoms with Gasteiger partial charge in [0.25, 0.3) is 0 Å². The van der Waals surface area contributed by atoms with Crippen LogP contribution in [0.25, 0.3) is 0 Å². The lowest BCUT2D eigenvalue weighted by Gasteiger charge is -2.26. The van der Waals surface area contributed by atoms with Crippen molar-refractivity contribution in [3.8, 4) is 0 Å². The third-order valence-corrected chi connectivity index (χ3v) is 3.50. The molecule has 0 saturated carbocycles. The fraction of sp³-hybridized carbons (Fsp3) is 0.562. The number of halogens is 1. The van der Waals surface area contributed by atoms with Crippen molar-refractivity contribution in [1.29, 1.82) is 0 Å². The third kappa shape index (κ3) is 5.51. The van der Waals surface area contributed by atoms with Gasteiger partial charge >= 0.3 is 0 Å². The molecule has 2 N–H and O–H groups in total. The molecule has 0 heterocycles. The van der Waals surface area contributed by atoms with E-state index in [1.165, 1.54) is 11.1 Å². The average Bonchev–Trinajstić information content (AvgIpc) is 2.37. The summed E-state index contributed by atoms with van der Waals surface area (Å²) in [4.78, 5) is 11.9. The van der Waals surface area contributed by atoms with Crippen LogP contribution in [0.3, 0.4) is 0 Å². The van der Waals surface area contributed by atoms with Gasteiger partial charge in [0.1, 0.15) is 0 Å². The maximum Gasteiger partial charge on any atom is 0.224 e. The molecule has 114 valence electrons. The van der Waals surface area contributed by atoms with Crippen molar-refractivity contribution < 1.29 is 4.79 Å². The Kier molecular flexibility index (Phi) is 7.84. The molecule has 1 unspecified atom stereocenters. The van der Waals surface area contributed by atoms with Crippen LogP contribution in [0.4, 0.5) is 0 Å². The summed E-state index contributed by atoms with van der Waals surface area (Å²) >= 11 is 0. The molecule has 1 aromatic rings. The Labute approximate surface area is 128 Å². The first-order chi connectivity index (χ1) is 8.86. The Morgan fingerprint density at radius 1 is 1.25 bits per heavy atom. The number of hydrogen-bond donors (Lipinski definition) is 2. The Hall–Kier alpha value is -1.06. The molecule has 0 aliphatic rings. The van der Waals surface area contributed by atoms with E-state index >= 15 is 0 Å². The highest BCUT2D eigenvalue weighted by atomic mass is 35.5. The minimum atomic E-state index is -0.0529. The van der Waals surface area contributed by atoms with E-state index in [-0.39, 0.29) is 29.6 Å². The second-order valence-electron chi connectivity index (χ2n) is 5.93. The van der Waals surface area contributed by atoms with Crippen molar-refractivity contribution >= 4 is 18.3 Å². The molecule has 0 spiro atoms. The molecule has 0 bridgehead atoms. The van der Waals surface area contributed by atoms with Crippen molar-refractivity contribution in [3.05, 3.63) is 35.4 Å². The van der Waals surface area contributed by atoms with Gasteiger partial charge in [-0.1, -0.05) is 50.6 Å². The summed E-state index contributed by atoms with van der Waals surface area (Å²) in [6, 6.07) is 8.50. The van der Waals surface area contributed by atoms with Crippen LogP contribution in [-0.2, 0) is 10.2 Å². The zero-order valence-electron chi connectivity index (χ0n) is 13.1. The molecule has 3 nitrogen and oxygen atoms in total. The highest BCUT2D eigenvalue weighted by Gasteiger charge is 2.22. The summed E-state index contributed by atoms with van der Waals surface area (Å²) in [5.41, 5.74) is 2.45. The molecule has 0 fully saturated rings. The highest BCUT2D eigenvalue weighted by Crippen LogP contribution is 2.22. The van der Waals surface area contributed by atoms with E-state index in [0.29, 0.717) is 13.1 Å². The lowest BCUT2D eigenvalue weighted by atomic mass is 9.84. The molecule has 1 rings (SSSR count). The lowest BCUT2D eigenvalue weighted by Crippen LogP contribution is -2.41. The molecular weight excluding hydrogens is 272 g/mol. The Balaban J connectivity index is 0.00000361. The van der Waals surface area contributed by atoms with E-state index < -0.39 is 0 Å². The normalized spacial score (nSPS) is 12.4. The van der Waals surface area contributed by atoms with Gasteiger partial charge in [-0.3, -0.25) is 4.79 Å². The Morgan fingerprint density at radius 3 is 2.30 bits per heavy atom. The Bertz CT molecular complexity index is 415. The van der Waals surface area contributed by atoms with Crippen LogP contribution in [0.15, 0.2) is 24.3 Å². The summed E-state index contributed by atoms with van der Waals surface area (Å²) in [7, 11) is 1.86. The van der Waals surface area contributed by atoms with E-state index in [4.69, 9.17) is 0 Å². The minimum absolute atomic E-state index is 0. The highest BCUT2D eigenvalue weighted by molar-refractivity contribution is 5.85. The minimum Gasteiger partial charge on any atom is -0.355 e. The van der Waals surface area contributed by atoms with E-state index in [1.54, 1.807) is 0 Å². The van der Waals surface area contributed by atoms with Gasteiger partial charge in [0.2, 0.25) is 5.91 Å². The Morgan fingerprint density at radius 2 is 1.80 bits per heavy atom. The van der Waals surface area contributed by atoms with Gasteiger partial charge in [-0.2, -0.15) is 0 Å². The van der Waals surface area contributed by atoms with Crippen molar-refractivity contribution in [3.63, 3.8) is 0 Å². The van der Waals surface area contributed by atoms with Gasteiger partial charge in [-0.15, -0.1) is 12.4 Å². The first-order valence-electron chi connectivity index (χ1n) is 6.86. The van der Waals surface area contributed by atoms with Gasteiger partial charge in [-0.25, -0.2) is 0 Å². The average molecular weight is 299 g/mol. The smallest absolute Gasteiger partial charge is 0.224 e. The van der Waals surface area contributed by atoms with Gasteiger partial charge in [-0.05, 0) is 19.5 Å². The van der Waals surface area contributed by atoms with Crippen LogP contribution in [-0.4, -0.2) is 26.0 Å². The fourth-order valence-electron chi connectivity index (χ4n) is 1.99. The van der Waals surface area contributed by atoms with Crippen molar-refractivity contribution in [2.45, 2.75) is 33.1 Å². The summed E-state index contributed by atoms with van der Waals surface area (Å²) < 4.78 is 0. The predicted octanol–water partition coefficient (Wildman–Crippen LogP) is 2.67. The quantitative estimate of drug-likeness (QED) is 0.848. The third-order valence-electron chi connectivity index (χ3n) is 3.50. The molecule has 0 saturated heterocycles. The van der Waals surface area contributed by atoms with Gasteiger partial charge in [0.05, 0.1) is 0 Å². The zero-order chi connectivity index (χ0) is 14.5. The molecule has 0 aliphatic heterocycles. The van der Waals surface area contributed by atoms with Gasteiger partial charge in [0, 0.05) is 24.4 Å². The molecule has 4 heteroatoms. The van der Waals surface area contributed by atoms with Gasteiger partial charge in [0.15, 0.2) is 0 Å². The number of carbonyl (C=O) groups is 1. The molecule has 0 aromatic heterocycles. The van der Waals surface area contributed by atoms with Crippen molar-refractivity contribution in [1.82, 2.24) is 10.6 Å². The summed E-state index contributed by atoms with van der Waals surface area (Å²) in [6.45, 7) is 9.68. The molecule has 1 amide bonds. The lowest BCUT2D eigenvalue weighted by molar-refractivity contribution is -0.124. The predicted molar refractivity (Wildman–Crippen MR) is 87.6 cm³/mol. The summed E-state index contributed by atoms with van der Waals surface area (Å²) in [5, 5.41) is 6.06. The molecule has 1 aromatic carbocycles. The molecular formula is C16H27ClN2O. The number of amides is 1.